The van der Waals surface area contributed by atoms with Gasteiger partial charge in [0.15, 0.2) is 0 Å². The van der Waals surface area contributed by atoms with Crippen LogP contribution in [0.2, 0.25) is 0 Å². The molecule has 3 aromatic rings. The summed E-state index contributed by atoms with van der Waals surface area (Å²) in [7, 11) is 0. The van der Waals surface area contributed by atoms with E-state index >= 15 is 0 Å². The average Bonchev–Trinajstić information content (AvgIpc) is 3.27. The molecule has 1 unspecified atom stereocenters. The van der Waals surface area contributed by atoms with Gasteiger partial charge in [0, 0.05) is 49.0 Å². The maximum atomic E-state index is 5.44. The number of piperazine rings is 1. The first-order chi connectivity index (χ1) is 11.4. The molecule has 7 heteroatoms. The minimum atomic E-state index is 0.272. The second kappa shape index (κ2) is 6.57. The van der Waals surface area contributed by atoms with E-state index in [0.29, 0.717) is 18.3 Å². The smallest absolute Gasteiger partial charge is 0.241 e. The maximum absolute atomic E-state index is 5.44. The maximum Gasteiger partial charge on any atom is 0.241 e. The first kappa shape index (κ1) is 14.5. The number of nitrogens with one attached hydrogen (secondary N) is 1. The lowest BCUT2D eigenvalue weighted by molar-refractivity contribution is 0.135. The predicted octanol–water partition coefficient (Wildman–Crippen LogP) is 2.34. The van der Waals surface area contributed by atoms with Gasteiger partial charge in [0.25, 0.3) is 0 Å². The number of hydrogen-bond donors (Lipinski definition) is 1. The lowest BCUT2D eigenvalue weighted by Crippen LogP contribution is -2.45. The summed E-state index contributed by atoms with van der Waals surface area (Å²) in [5.41, 5.74) is 2.21. The quantitative estimate of drug-likeness (QED) is 0.793. The Balaban J connectivity index is 1.52. The number of rotatable bonds is 4. The third kappa shape index (κ3) is 3.17. The summed E-state index contributed by atoms with van der Waals surface area (Å²) in [4.78, 5) is 11.1. The van der Waals surface area contributed by atoms with Crippen molar-refractivity contribution >= 4 is 11.3 Å². The summed E-state index contributed by atoms with van der Waals surface area (Å²) in [5.74, 6) is 1.32. The number of pyridine rings is 1. The van der Waals surface area contributed by atoms with E-state index in [1.165, 1.54) is 5.56 Å². The van der Waals surface area contributed by atoms with Gasteiger partial charge in [-0.15, -0.1) is 0 Å². The second-order valence-electron chi connectivity index (χ2n) is 5.50. The van der Waals surface area contributed by atoms with Gasteiger partial charge in [-0.25, -0.2) is 0 Å². The molecule has 3 aromatic heterocycles. The van der Waals surface area contributed by atoms with Gasteiger partial charge in [-0.3, -0.25) is 9.88 Å². The fourth-order valence-corrected chi connectivity index (χ4v) is 3.47. The zero-order valence-corrected chi connectivity index (χ0v) is 13.4. The van der Waals surface area contributed by atoms with E-state index < -0.39 is 0 Å². The van der Waals surface area contributed by atoms with Gasteiger partial charge in [-0.2, -0.15) is 16.3 Å². The average molecular weight is 327 g/mol. The summed E-state index contributed by atoms with van der Waals surface area (Å²) < 4.78 is 5.44. The molecule has 4 rings (SSSR count). The van der Waals surface area contributed by atoms with Crippen LogP contribution in [-0.2, 0) is 6.54 Å². The minimum Gasteiger partial charge on any atom is -0.338 e. The van der Waals surface area contributed by atoms with Gasteiger partial charge < -0.3 is 9.84 Å². The molecule has 23 heavy (non-hydrogen) atoms. The van der Waals surface area contributed by atoms with Crippen LogP contribution in [0, 0.1) is 0 Å². The lowest BCUT2D eigenvalue weighted by Gasteiger charge is -2.35. The molecular weight excluding hydrogens is 310 g/mol. The van der Waals surface area contributed by atoms with Crippen molar-refractivity contribution in [3.05, 3.63) is 52.8 Å². The molecule has 0 spiro atoms. The van der Waals surface area contributed by atoms with E-state index in [1.807, 2.05) is 29.1 Å². The molecule has 1 N–H and O–H groups in total. The summed E-state index contributed by atoms with van der Waals surface area (Å²) in [6, 6.07) is 6.36. The predicted molar refractivity (Wildman–Crippen MR) is 87.9 cm³/mol. The zero-order valence-electron chi connectivity index (χ0n) is 12.6. The SMILES string of the molecule is c1cncc(C2CNCCN2Cc2nc(-c3ccsc3)no2)c1. The molecular formula is C16H17N5OS. The highest BCUT2D eigenvalue weighted by Gasteiger charge is 2.25. The summed E-state index contributed by atoms with van der Waals surface area (Å²) in [5, 5.41) is 11.6. The van der Waals surface area contributed by atoms with Gasteiger partial charge in [0.05, 0.1) is 6.54 Å². The minimum absolute atomic E-state index is 0.272. The number of aromatic nitrogens is 3. The molecule has 0 bridgehead atoms. The highest BCUT2D eigenvalue weighted by Crippen LogP contribution is 2.24. The molecule has 0 saturated carbocycles. The van der Waals surface area contributed by atoms with E-state index in [0.717, 1.165) is 25.2 Å². The van der Waals surface area contributed by atoms with Crippen LogP contribution in [0.15, 0.2) is 45.9 Å². The standard InChI is InChI=1S/C16H17N5OS/c1-2-12(8-17-4-1)14-9-18-5-6-21(14)10-15-19-16(20-22-15)13-3-7-23-11-13/h1-4,7-8,11,14,18H,5-6,9-10H2. The number of hydrogen-bond acceptors (Lipinski definition) is 7. The fourth-order valence-electron chi connectivity index (χ4n) is 2.84. The van der Waals surface area contributed by atoms with Crippen LogP contribution in [0.4, 0.5) is 0 Å². The lowest BCUT2D eigenvalue weighted by atomic mass is 10.1. The van der Waals surface area contributed by atoms with Gasteiger partial charge >= 0.3 is 0 Å². The topological polar surface area (TPSA) is 67.1 Å². The van der Waals surface area contributed by atoms with Gasteiger partial charge in [-0.05, 0) is 23.1 Å². The first-order valence-corrected chi connectivity index (χ1v) is 8.54. The number of thiophene rings is 1. The van der Waals surface area contributed by atoms with Crippen LogP contribution in [0.1, 0.15) is 17.5 Å². The van der Waals surface area contributed by atoms with Crippen molar-refractivity contribution in [1.29, 1.82) is 0 Å². The molecule has 4 heterocycles. The van der Waals surface area contributed by atoms with E-state index in [-0.39, 0.29) is 6.04 Å². The van der Waals surface area contributed by atoms with Crippen molar-refractivity contribution < 1.29 is 4.52 Å². The molecule has 0 aliphatic carbocycles. The Morgan fingerprint density at radius 2 is 2.39 bits per heavy atom. The van der Waals surface area contributed by atoms with Crippen LogP contribution in [0.25, 0.3) is 11.4 Å². The highest BCUT2D eigenvalue weighted by atomic mass is 32.1. The Labute approximate surface area is 138 Å². The third-order valence-corrected chi connectivity index (χ3v) is 4.69. The Bertz CT molecular complexity index is 743. The van der Waals surface area contributed by atoms with E-state index in [9.17, 15) is 0 Å². The third-order valence-electron chi connectivity index (χ3n) is 4.01. The van der Waals surface area contributed by atoms with Gasteiger partial charge in [0.2, 0.25) is 11.7 Å². The van der Waals surface area contributed by atoms with Crippen molar-refractivity contribution in [2.45, 2.75) is 12.6 Å². The first-order valence-electron chi connectivity index (χ1n) is 7.60. The van der Waals surface area contributed by atoms with E-state index in [1.54, 1.807) is 17.5 Å². The van der Waals surface area contributed by atoms with Crippen molar-refractivity contribution in [2.24, 2.45) is 0 Å². The summed E-state index contributed by atoms with van der Waals surface area (Å²) >= 11 is 1.63. The normalized spacial score (nSPS) is 19.0. The summed E-state index contributed by atoms with van der Waals surface area (Å²) in [6.07, 6.45) is 3.73. The van der Waals surface area contributed by atoms with Crippen molar-refractivity contribution in [2.75, 3.05) is 19.6 Å². The molecule has 0 amide bonds. The Kier molecular flexibility index (Phi) is 4.14. The van der Waals surface area contributed by atoms with Crippen molar-refractivity contribution in [3.63, 3.8) is 0 Å². The summed E-state index contributed by atoms with van der Waals surface area (Å²) in [6.45, 7) is 3.45. The molecule has 0 aromatic carbocycles. The Morgan fingerprint density at radius 3 is 3.22 bits per heavy atom. The second-order valence-corrected chi connectivity index (χ2v) is 6.28. The van der Waals surface area contributed by atoms with Crippen molar-refractivity contribution in [1.82, 2.24) is 25.3 Å². The van der Waals surface area contributed by atoms with Crippen LogP contribution in [-0.4, -0.2) is 39.7 Å². The van der Waals surface area contributed by atoms with E-state index in [4.69, 9.17) is 4.52 Å². The van der Waals surface area contributed by atoms with Crippen LogP contribution in [0.3, 0.4) is 0 Å². The molecule has 1 saturated heterocycles. The number of nitrogens with zero attached hydrogens (tertiary/aromatic N) is 4. The van der Waals surface area contributed by atoms with Crippen molar-refractivity contribution in [3.8, 4) is 11.4 Å². The van der Waals surface area contributed by atoms with Crippen LogP contribution in [0.5, 0.6) is 0 Å². The van der Waals surface area contributed by atoms with Gasteiger partial charge in [-0.1, -0.05) is 11.2 Å². The molecule has 1 fully saturated rings. The van der Waals surface area contributed by atoms with E-state index in [2.05, 4.69) is 31.4 Å². The molecule has 118 valence electrons. The molecule has 6 nitrogen and oxygen atoms in total. The largest absolute Gasteiger partial charge is 0.338 e. The van der Waals surface area contributed by atoms with Gasteiger partial charge in [0.1, 0.15) is 0 Å². The fraction of sp³-hybridized carbons (Fsp3) is 0.312. The molecule has 0 radical (unpaired) electrons. The van der Waals surface area contributed by atoms with Crippen LogP contribution < -0.4 is 5.32 Å². The monoisotopic (exact) mass is 327 g/mol. The highest BCUT2D eigenvalue weighted by molar-refractivity contribution is 7.08. The molecule has 1 aliphatic heterocycles. The molecule has 1 aliphatic rings. The molecule has 1 atom stereocenters. The zero-order chi connectivity index (χ0) is 15.5. The Hall–Kier alpha value is -2.09. The Morgan fingerprint density at radius 1 is 1.39 bits per heavy atom. The van der Waals surface area contributed by atoms with Crippen LogP contribution >= 0.6 is 11.3 Å².